The lowest BCUT2D eigenvalue weighted by atomic mass is 10.3. The Morgan fingerprint density at radius 2 is 2.15 bits per heavy atom. The van der Waals surface area contributed by atoms with E-state index in [-0.39, 0.29) is 0 Å². The number of pyridine rings is 1. The van der Waals surface area contributed by atoms with Crippen LogP contribution < -0.4 is 0 Å². The van der Waals surface area contributed by atoms with Gasteiger partial charge in [-0.15, -0.1) is 5.73 Å². The van der Waals surface area contributed by atoms with Gasteiger partial charge in [-0.25, -0.2) is 0 Å². The summed E-state index contributed by atoms with van der Waals surface area (Å²) in [4.78, 5) is 4.10. The van der Waals surface area contributed by atoms with Crippen molar-refractivity contribution in [2.45, 2.75) is 19.6 Å². The van der Waals surface area contributed by atoms with Crippen LogP contribution in [0, 0.1) is 0 Å². The van der Waals surface area contributed by atoms with E-state index in [0.717, 1.165) is 5.56 Å². The smallest absolute Gasteiger partial charge is 0.0884 e. The zero-order valence-electron chi connectivity index (χ0n) is 8.46. The van der Waals surface area contributed by atoms with Gasteiger partial charge < -0.3 is 0 Å². The van der Waals surface area contributed by atoms with Crippen LogP contribution >= 0.6 is 0 Å². The number of hydrogen-bond acceptors (Lipinski definition) is 1. The third-order valence-electron chi connectivity index (χ3n) is 1.88. The standard InChI is InChI=1S/C11H15NSi/c1-5-11(13(2,3)4)10-7-6-8-12-9-10/h6-9H,1H2,2-4H3. The minimum absolute atomic E-state index is 1.16. The number of nitrogens with zero attached hydrogens (tertiary/aromatic N) is 1. The van der Waals surface area contributed by atoms with Crippen LogP contribution in [0.15, 0.2) is 36.8 Å². The summed E-state index contributed by atoms with van der Waals surface area (Å²) in [5.74, 6) is 0. The first kappa shape index (κ1) is 9.97. The average molecular weight is 189 g/mol. The Kier molecular flexibility index (Phi) is 2.86. The maximum atomic E-state index is 4.10. The van der Waals surface area contributed by atoms with Gasteiger partial charge in [0.15, 0.2) is 0 Å². The topological polar surface area (TPSA) is 12.9 Å². The molecule has 0 amide bonds. The van der Waals surface area contributed by atoms with Crippen LogP contribution in [-0.2, 0) is 0 Å². The second-order valence-electron chi connectivity index (χ2n) is 4.04. The first-order valence-corrected chi connectivity index (χ1v) is 7.86. The van der Waals surface area contributed by atoms with Crippen molar-refractivity contribution in [3.8, 4) is 0 Å². The van der Waals surface area contributed by atoms with Crippen molar-refractivity contribution in [1.82, 2.24) is 4.98 Å². The third kappa shape index (κ3) is 2.41. The van der Waals surface area contributed by atoms with E-state index >= 15 is 0 Å². The molecule has 0 aliphatic rings. The molecule has 0 spiro atoms. The Morgan fingerprint density at radius 1 is 1.46 bits per heavy atom. The van der Waals surface area contributed by atoms with Gasteiger partial charge in [0.25, 0.3) is 0 Å². The highest BCUT2D eigenvalue weighted by molar-refractivity contribution is 6.93. The summed E-state index contributed by atoms with van der Waals surface area (Å²) in [6.07, 6.45) is 3.67. The predicted octanol–water partition coefficient (Wildman–Crippen LogP) is 3.13. The van der Waals surface area contributed by atoms with Crippen LogP contribution in [0.5, 0.6) is 0 Å². The molecule has 0 N–H and O–H groups in total. The molecule has 0 aromatic carbocycles. The Bertz CT molecular complexity index is 329. The van der Waals surface area contributed by atoms with E-state index in [4.69, 9.17) is 0 Å². The number of hydrogen-bond donors (Lipinski definition) is 0. The van der Waals surface area contributed by atoms with Gasteiger partial charge in [-0.2, -0.15) is 0 Å². The summed E-state index contributed by atoms with van der Waals surface area (Å²) in [6, 6.07) is 4.02. The molecule has 1 aromatic rings. The highest BCUT2D eigenvalue weighted by atomic mass is 28.3. The third-order valence-corrected chi connectivity index (χ3v) is 3.84. The van der Waals surface area contributed by atoms with E-state index in [1.54, 1.807) is 6.20 Å². The highest BCUT2D eigenvalue weighted by Crippen LogP contribution is 2.23. The Morgan fingerprint density at radius 3 is 2.54 bits per heavy atom. The summed E-state index contributed by atoms with van der Waals surface area (Å²) in [6.45, 7) is 10.6. The minimum Gasteiger partial charge on any atom is -0.264 e. The molecule has 0 aliphatic heterocycles. The van der Waals surface area contributed by atoms with Gasteiger partial charge in [0.2, 0.25) is 0 Å². The van der Waals surface area contributed by atoms with Crippen LogP contribution in [0.1, 0.15) is 5.56 Å². The van der Waals surface area contributed by atoms with Crippen LogP contribution in [-0.4, -0.2) is 13.1 Å². The summed E-state index contributed by atoms with van der Waals surface area (Å²) >= 11 is 0. The lowest BCUT2D eigenvalue weighted by Gasteiger charge is -2.18. The van der Waals surface area contributed by atoms with Gasteiger partial charge in [0, 0.05) is 12.4 Å². The molecule has 1 nitrogen and oxygen atoms in total. The summed E-state index contributed by atoms with van der Waals surface area (Å²) in [5, 5.41) is 1.25. The van der Waals surface area contributed by atoms with Crippen LogP contribution in [0.25, 0.3) is 5.20 Å². The maximum absolute atomic E-state index is 4.10. The van der Waals surface area contributed by atoms with E-state index in [0.29, 0.717) is 0 Å². The SMILES string of the molecule is C=C=C(c1cccnc1)[Si](C)(C)C. The molecular formula is C11H15NSi. The van der Waals surface area contributed by atoms with Gasteiger partial charge in [-0.05, 0) is 16.8 Å². The lowest BCUT2D eigenvalue weighted by molar-refractivity contribution is 1.31. The number of rotatable bonds is 2. The maximum Gasteiger partial charge on any atom is 0.0884 e. The molecule has 0 unspecified atom stereocenters. The zero-order valence-corrected chi connectivity index (χ0v) is 9.46. The second-order valence-corrected chi connectivity index (χ2v) is 9.04. The van der Waals surface area contributed by atoms with E-state index in [1.807, 2.05) is 12.3 Å². The van der Waals surface area contributed by atoms with E-state index in [9.17, 15) is 0 Å². The molecule has 0 aliphatic carbocycles. The van der Waals surface area contributed by atoms with Crippen molar-refractivity contribution in [2.24, 2.45) is 0 Å². The molecule has 1 heterocycles. The summed E-state index contributed by atoms with van der Waals surface area (Å²) in [5.41, 5.74) is 4.21. The molecule has 0 fully saturated rings. The van der Waals surface area contributed by atoms with Gasteiger partial charge >= 0.3 is 0 Å². The monoisotopic (exact) mass is 189 g/mol. The van der Waals surface area contributed by atoms with Crippen LogP contribution in [0.4, 0.5) is 0 Å². The zero-order chi connectivity index (χ0) is 9.90. The highest BCUT2D eigenvalue weighted by Gasteiger charge is 2.20. The first-order valence-electron chi connectivity index (χ1n) is 4.36. The van der Waals surface area contributed by atoms with Crippen molar-refractivity contribution in [3.05, 3.63) is 42.4 Å². The molecule has 0 radical (unpaired) electrons. The fourth-order valence-corrected chi connectivity index (χ4v) is 2.86. The Labute approximate surface area is 80.8 Å². The normalized spacial score (nSPS) is 10.7. The largest absolute Gasteiger partial charge is 0.264 e. The van der Waals surface area contributed by atoms with Gasteiger partial charge in [0.1, 0.15) is 0 Å². The molecule has 0 atom stereocenters. The first-order chi connectivity index (χ1) is 6.05. The lowest BCUT2D eigenvalue weighted by Crippen LogP contribution is -2.22. The Hall–Kier alpha value is -1.11. The van der Waals surface area contributed by atoms with Crippen molar-refractivity contribution in [2.75, 3.05) is 0 Å². The molecule has 0 saturated heterocycles. The summed E-state index contributed by atoms with van der Waals surface area (Å²) < 4.78 is 0. The molecule has 0 saturated carbocycles. The van der Waals surface area contributed by atoms with Gasteiger partial charge in [-0.3, -0.25) is 4.98 Å². The van der Waals surface area contributed by atoms with Crippen molar-refractivity contribution in [3.63, 3.8) is 0 Å². The van der Waals surface area contributed by atoms with E-state index in [1.165, 1.54) is 5.20 Å². The van der Waals surface area contributed by atoms with E-state index < -0.39 is 8.07 Å². The average Bonchev–Trinajstić information content (AvgIpc) is 2.05. The fourth-order valence-electron chi connectivity index (χ4n) is 1.31. The van der Waals surface area contributed by atoms with Crippen molar-refractivity contribution < 1.29 is 0 Å². The second kappa shape index (κ2) is 3.73. The molecule has 2 heteroatoms. The van der Waals surface area contributed by atoms with Crippen LogP contribution in [0.2, 0.25) is 19.6 Å². The molecule has 68 valence electrons. The predicted molar refractivity (Wildman–Crippen MR) is 60.1 cm³/mol. The van der Waals surface area contributed by atoms with Crippen molar-refractivity contribution in [1.29, 1.82) is 0 Å². The van der Waals surface area contributed by atoms with E-state index in [2.05, 4.69) is 43.0 Å². The van der Waals surface area contributed by atoms with Gasteiger partial charge in [-0.1, -0.05) is 32.3 Å². The fraction of sp³-hybridized carbons (Fsp3) is 0.273. The minimum atomic E-state index is -1.32. The Balaban J connectivity index is 3.15. The molecule has 13 heavy (non-hydrogen) atoms. The van der Waals surface area contributed by atoms with Crippen LogP contribution in [0.3, 0.4) is 0 Å². The van der Waals surface area contributed by atoms with Gasteiger partial charge in [0.05, 0.1) is 8.07 Å². The molecular weight excluding hydrogens is 174 g/mol. The molecule has 1 aromatic heterocycles. The van der Waals surface area contributed by atoms with Crippen molar-refractivity contribution >= 4 is 13.3 Å². The number of aromatic nitrogens is 1. The summed E-state index contributed by atoms with van der Waals surface area (Å²) in [7, 11) is -1.32. The molecule has 0 bridgehead atoms. The molecule has 1 rings (SSSR count). The quantitative estimate of drug-likeness (QED) is 0.514.